The number of H-pyrrole nitrogens is 1. The number of aryl methyl sites for hydroxylation is 1. The van der Waals surface area contributed by atoms with Gasteiger partial charge in [-0.25, -0.2) is 9.37 Å². The molecule has 0 amide bonds. The molecule has 0 spiro atoms. The lowest BCUT2D eigenvalue weighted by Crippen LogP contribution is -2.71. The summed E-state index contributed by atoms with van der Waals surface area (Å²) in [6.07, 6.45) is 0.00765. The number of halogens is 3. The summed E-state index contributed by atoms with van der Waals surface area (Å²) in [5.41, 5.74) is -3.25. The largest absolute Gasteiger partial charge is 0.481 e. The Morgan fingerprint density at radius 3 is 2.46 bits per heavy atom. The number of hydrogen-bond acceptors (Lipinski definition) is 6. The molecule has 0 aliphatic carbocycles. The van der Waals surface area contributed by atoms with Crippen LogP contribution in [0.4, 0.5) is 4.39 Å². The lowest BCUT2D eigenvalue weighted by Gasteiger charge is -2.57. The minimum Gasteiger partial charge on any atom is -0.481 e. The van der Waals surface area contributed by atoms with Gasteiger partial charge in [0.05, 0.1) is 26.9 Å². The Bertz CT molecular complexity index is 1200. The van der Waals surface area contributed by atoms with Crippen LogP contribution in [0, 0.1) is 17.8 Å². The van der Waals surface area contributed by atoms with Crippen molar-refractivity contribution < 1.29 is 24.2 Å². The first-order valence-corrected chi connectivity index (χ1v) is 12.6. The molecular formula is C23H26Cl2FN3O5S. The van der Waals surface area contributed by atoms with Crippen LogP contribution in [0.15, 0.2) is 34.2 Å². The van der Waals surface area contributed by atoms with Crippen molar-refractivity contribution in [1.82, 2.24) is 15.3 Å². The zero-order valence-corrected chi connectivity index (χ0v) is 21.6. The highest BCUT2D eigenvalue weighted by Gasteiger charge is 2.66. The molecule has 12 heteroatoms. The maximum Gasteiger partial charge on any atom is 0.311 e. The number of nitrogens with one attached hydrogen (secondary N) is 2. The average Bonchev–Trinajstić information content (AvgIpc) is 2.78. The summed E-state index contributed by atoms with van der Waals surface area (Å²) in [6.45, 7) is 3.58. The Labute approximate surface area is 215 Å². The van der Waals surface area contributed by atoms with Crippen molar-refractivity contribution in [3.8, 4) is 0 Å². The Morgan fingerprint density at radius 2 is 1.91 bits per heavy atom. The third-order valence-electron chi connectivity index (χ3n) is 6.99. The lowest BCUT2D eigenvalue weighted by molar-refractivity contribution is -0.172. The summed E-state index contributed by atoms with van der Waals surface area (Å²) < 4.78 is 14.4. The van der Waals surface area contributed by atoms with Gasteiger partial charge in [0.1, 0.15) is 6.67 Å². The molecule has 4 N–H and O–H groups in total. The van der Waals surface area contributed by atoms with E-state index in [2.05, 4.69) is 15.3 Å². The van der Waals surface area contributed by atoms with Crippen LogP contribution in [0.3, 0.4) is 0 Å². The first kappa shape index (κ1) is 27.4. The minimum absolute atomic E-state index is 0.00765. The van der Waals surface area contributed by atoms with Gasteiger partial charge >= 0.3 is 11.9 Å². The molecule has 8 nitrogen and oxygen atoms in total. The molecule has 1 aliphatic rings. The van der Waals surface area contributed by atoms with Crippen LogP contribution >= 0.6 is 35.0 Å². The molecule has 190 valence electrons. The lowest BCUT2D eigenvalue weighted by atomic mass is 9.51. The maximum absolute atomic E-state index is 14.4. The number of piperidine rings is 1. The number of alkyl halides is 1. The summed E-state index contributed by atoms with van der Waals surface area (Å²) in [5, 5.41) is 24.4. The molecule has 5 atom stereocenters. The summed E-state index contributed by atoms with van der Waals surface area (Å²) in [6, 6.07) is 3.80. The molecule has 2 heterocycles. The van der Waals surface area contributed by atoms with Crippen LogP contribution in [-0.2, 0) is 9.59 Å². The van der Waals surface area contributed by atoms with Gasteiger partial charge in [-0.1, -0.05) is 54.0 Å². The zero-order valence-electron chi connectivity index (χ0n) is 19.3. The van der Waals surface area contributed by atoms with Gasteiger partial charge in [-0.05, 0) is 31.9 Å². The smallest absolute Gasteiger partial charge is 0.311 e. The van der Waals surface area contributed by atoms with Gasteiger partial charge in [-0.3, -0.25) is 14.4 Å². The monoisotopic (exact) mass is 545 g/mol. The molecule has 5 unspecified atom stereocenters. The number of benzene rings is 1. The molecule has 1 aliphatic heterocycles. The Kier molecular flexibility index (Phi) is 8.20. The molecule has 1 fully saturated rings. The van der Waals surface area contributed by atoms with Crippen LogP contribution < -0.4 is 10.9 Å². The number of aliphatic carboxylic acids is 2. The van der Waals surface area contributed by atoms with Gasteiger partial charge in [0, 0.05) is 29.5 Å². The highest BCUT2D eigenvalue weighted by atomic mass is 35.5. The van der Waals surface area contributed by atoms with E-state index in [9.17, 15) is 29.0 Å². The Morgan fingerprint density at radius 1 is 1.23 bits per heavy atom. The van der Waals surface area contributed by atoms with Gasteiger partial charge in [0.15, 0.2) is 5.16 Å². The van der Waals surface area contributed by atoms with Crippen molar-refractivity contribution in [3.05, 3.63) is 55.9 Å². The number of hydrogen-bond donors (Lipinski definition) is 4. The van der Waals surface area contributed by atoms with Crippen LogP contribution in [0.1, 0.15) is 37.4 Å². The third kappa shape index (κ3) is 4.69. The molecule has 0 radical (unpaired) electrons. The van der Waals surface area contributed by atoms with Crippen LogP contribution in [-0.4, -0.2) is 56.6 Å². The van der Waals surface area contributed by atoms with Crippen molar-refractivity contribution in [2.24, 2.45) is 10.8 Å². The third-order valence-corrected chi connectivity index (χ3v) is 8.79. The van der Waals surface area contributed by atoms with Gasteiger partial charge in [0.25, 0.3) is 5.56 Å². The van der Waals surface area contributed by atoms with Gasteiger partial charge in [-0.15, -0.1) is 0 Å². The van der Waals surface area contributed by atoms with E-state index in [1.54, 1.807) is 19.9 Å². The molecule has 2 aromatic rings. The average molecular weight is 546 g/mol. The van der Waals surface area contributed by atoms with Gasteiger partial charge in [-0.2, -0.15) is 0 Å². The number of aromatic amines is 1. The molecule has 35 heavy (non-hydrogen) atoms. The highest BCUT2D eigenvalue weighted by Crippen LogP contribution is 2.59. The zero-order chi connectivity index (χ0) is 26.1. The van der Waals surface area contributed by atoms with E-state index < -0.39 is 47.4 Å². The number of rotatable bonds is 8. The molecular weight excluding hydrogens is 520 g/mol. The van der Waals surface area contributed by atoms with E-state index in [1.165, 1.54) is 25.1 Å². The van der Waals surface area contributed by atoms with Crippen molar-refractivity contribution in [1.29, 1.82) is 0 Å². The fraction of sp³-hybridized carbons (Fsp3) is 0.478. The SMILES string of the molecule is CCC1(C(=O)O)C(CSc2nc(C)cc(=O)[nH]2)NC(CF)C(C)(C(=O)O)C1c1cccc(Cl)c1Cl. The number of thioether (sulfide) groups is 1. The minimum atomic E-state index is -1.88. The molecule has 0 saturated carbocycles. The summed E-state index contributed by atoms with van der Waals surface area (Å²) in [7, 11) is 0. The fourth-order valence-electron chi connectivity index (χ4n) is 5.18. The van der Waals surface area contributed by atoms with Crippen molar-refractivity contribution in [2.75, 3.05) is 12.4 Å². The second kappa shape index (κ2) is 10.5. The molecule has 1 aromatic carbocycles. The topological polar surface area (TPSA) is 132 Å². The van der Waals surface area contributed by atoms with Gasteiger partial charge < -0.3 is 20.5 Å². The number of carbonyl (C=O) groups is 2. The quantitative estimate of drug-likeness (QED) is 0.287. The van der Waals surface area contributed by atoms with Gasteiger partial charge in [0.2, 0.25) is 0 Å². The second-order valence-electron chi connectivity index (χ2n) is 8.79. The predicted octanol–water partition coefficient (Wildman–Crippen LogP) is 4.14. The molecule has 3 rings (SSSR count). The highest BCUT2D eigenvalue weighted by molar-refractivity contribution is 7.99. The number of aromatic nitrogens is 2. The van der Waals surface area contributed by atoms with Crippen LogP contribution in [0.25, 0.3) is 0 Å². The number of carboxylic acid groups (broad SMARTS) is 2. The van der Waals surface area contributed by atoms with E-state index in [1.807, 2.05) is 0 Å². The normalized spacial score (nSPS) is 28.6. The molecule has 0 bridgehead atoms. The fourth-order valence-corrected chi connectivity index (χ4v) is 6.69. The summed E-state index contributed by atoms with van der Waals surface area (Å²) >= 11 is 13.8. The van der Waals surface area contributed by atoms with Crippen molar-refractivity contribution >= 4 is 46.9 Å². The number of carboxylic acids is 2. The van der Waals surface area contributed by atoms with Crippen molar-refractivity contribution in [2.45, 2.75) is 50.4 Å². The Hall–Kier alpha value is -2.14. The van der Waals surface area contributed by atoms with E-state index in [0.29, 0.717) is 5.69 Å². The molecule has 1 aromatic heterocycles. The first-order chi connectivity index (χ1) is 16.4. The standard InChI is InChI=1S/C23H26Cl2FN3O5S/c1-4-23(20(33)34)15(10-35-21-27-11(2)8-16(30)29-21)28-14(9-26)22(3,19(31)32)18(23)12-6-5-7-13(24)17(12)25/h5-8,14-15,18,28H,4,9-10H2,1-3H3,(H,31,32)(H,33,34)(H,27,29,30). The second-order valence-corrected chi connectivity index (χ2v) is 10.6. The van der Waals surface area contributed by atoms with Crippen LogP contribution in [0.2, 0.25) is 10.0 Å². The summed E-state index contributed by atoms with van der Waals surface area (Å²) in [5.74, 6) is -3.79. The number of nitrogens with zero attached hydrogens (tertiary/aromatic N) is 1. The van der Waals surface area contributed by atoms with Crippen LogP contribution in [0.5, 0.6) is 0 Å². The Balaban J connectivity index is 2.23. The first-order valence-electron chi connectivity index (χ1n) is 10.9. The van der Waals surface area contributed by atoms with Crippen molar-refractivity contribution in [3.63, 3.8) is 0 Å². The van der Waals surface area contributed by atoms with E-state index >= 15 is 0 Å². The molecule has 1 saturated heterocycles. The van der Waals surface area contributed by atoms with E-state index in [-0.39, 0.29) is 38.5 Å². The van der Waals surface area contributed by atoms with E-state index in [0.717, 1.165) is 11.8 Å². The predicted molar refractivity (Wildman–Crippen MR) is 132 cm³/mol. The van der Waals surface area contributed by atoms with E-state index in [4.69, 9.17) is 23.2 Å². The summed E-state index contributed by atoms with van der Waals surface area (Å²) in [4.78, 5) is 44.4. The maximum atomic E-state index is 14.4.